The molecule has 5 aromatic rings. The second kappa shape index (κ2) is 12.4. The lowest BCUT2D eigenvalue weighted by atomic mass is 10.0. The molecule has 0 saturated heterocycles. The molecule has 0 spiro atoms. The maximum atomic E-state index is 14.0. The summed E-state index contributed by atoms with van der Waals surface area (Å²) in [6.45, 7) is 2.07. The second-order valence-corrected chi connectivity index (χ2v) is 12.2. The van der Waals surface area contributed by atoms with Gasteiger partial charge >= 0.3 is 0 Å². The van der Waals surface area contributed by atoms with Gasteiger partial charge < -0.3 is 14.8 Å². The molecule has 3 aromatic carbocycles. The van der Waals surface area contributed by atoms with Crippen LogP contribution in [0.15, 0.2) is 111 Å². The average Bonchev–Trinajstić information content (AvgIpc) is 3.64. The molecule has 1 amide bonds. The zero-order chi connectivity index (χ0) is 29.9. The van der Waals surface area contributed by atoms with Gasteiger partial charge in [-0.3, -0.25) is 14.2 Å². The molecule has 0 unspecified atom stereocenters. The van der Waals surface area contributed by atoms with Crippen LogP contribution in [0.25, 0.3) is 6.08 Å². The number of amides is 1. The zero-order valence-electron chi connectivity index (χ0n) is 23.2. The molecular weight excluding hydrogens is 602 g/mol. The second-order valence-electron chi connectivity index (χ2n) is 9.73. The van der Waals surface area contributed by atoms with Crippen molar-refractivity contribution < 1.29 is 14.3 Å². The van der Waals surface area contributed by atoms with E-state index in [1.54, 1.807) is 23.8 Å². The fourth-order valence-electron chi connectivity index (χ4n) is 4.92. The molecule has 0 saturated carbocycles. The van der Waals surface area contributed by atoms with E-state index in [-0.39, 0.29) is 18.1 Å². The van der Waals surface area contributed by atoms with Gasteiger partial charge in [0.15, 0.2) is 4.80 Å². The van der Waals surface area contributed by atoms with Crippen molar-refractivity contribution in [3.8, 4) is 11.5 Å². The van der Waals surface area contributed by atoms with E-state index in [0.29, 0.717) is 42.8 Å². The summed E-state index contributed by atoms with van der Waals surface area (Å²) in [6, 6.07) is 25.4. The number of ether oxygens (including phenoxy) is 2. The number of rotatable bonds is 8. The van der Waals surface area contributed by atoms with Gasteiger partial charge in [0.2, 0.25) is 0 Å². The summed E-state index contributed by atoms with van der Waals surface area (Å²) in [5.41, 5.74) is 3.09. The topological polar surface area (TPSA) is 81.9 Å². The Hall–Kier alpha value is -4.44. The normalized spacial score (nSPS) is 14.7. The van der Waals surface area contributed by atoms with Crippen LogP contribution in [0.3, 0.4) is 0 Å². The third-order valence-electron chi connectivity index (χ3n) is 6.90. The number of benzene rings is 3. The molecule has 0 aliphatic carbocycles. The van der Waals surface area contributed by atoms with Crippen LogP contribution in [0.1, 0.15) is 29.0 Å². The number of fused-ring (bicyclic) bond motifs is 1. The minimum absolute atomic E-state index is 0.216. The molecule has 43 heavy (non-hydrogen) atoms. The first kappa shape index (κ1) is 28.7. The predicted octanol–water partition coefficient (Wildman–Crippen LogP) is 6.18. The van der Waals surface area contributed by atoms with Crippen molar-refractivity contribution in [2.45, 2.75) is 19.6 Å². The number of thiazole rings is 1. The van der Waals surface area contributed by atoms with Gasteiger partial charge in [0.05, 0.1) is 22.9 Å². The third-order valence-corrected chi connectivity index (χ3v) is 9.05. The van der Waals surface area contributed by atoms with Gasteiger partial charge in [0, 0.05) is 21.2 Å². The Morgan fingerprint density at radius 1 is 1.07 bits per heavy atom. The van der Waals surface area contributed by atoms with E-state index >= 15 is 0 Å². The zero-order valence-corrected chi connectivity index (χ0v) is 25.6. The first-order valence-electron chi connectivity index (χ1n) is 13.4. The van der Waals surface area contributed by atoms with Crippen LogP contribution in [0.5, 0.6) is 11.5 Å². The van der Waals surface area contributed by atoms with Crippen LogP contribution in [0, 0.1) is 0 Å². The first-order chi connectivity index (χ1) is 20.9. The lowest BCUT2D eigenvalue weighted by molar-refractivity contribution is -0.113. The van der Waals surface area contributed by atoms with Crippen molar-refractivity contribution in [1.29, 1.82) is 0 Å². The Balaban J connectivity index is 1.38. The number of methoxy groups -OCH3 is 1. The summed E-state index contributed by atoms with van der Waals surface area (Å²) in [5, 5.41) is 5.50. The van der Waals surface area contributed by atoms with Crippen LogP contribution < -0.4 is 29.7 Å². The van der Waals surface area contributed by atoms with Crippen molar-refractivity contribution >= 4 is 51.9 Å². The predicted molar refractivity (Wildman–Crippen MR) is 172 cm³/mol. The number of hydrogen-bond donors (Lipinski definition) is 1. The van der Waals surface area contributed by atoms with Crippen LogP contribution >= 0.6 is 34.3 Å². The van der Waals surface area contributed by atoms with Crippen LogP contribution in [0.4, 0.5) is 5.69 Å². The summed E-state index contributed by atoms with van der Waals surface area (Å²) < 4.78 is 13.6. The number of halogens is 1. The van der Waals surface area contributed by atoms with Crippen molar-refractivity contribution in [2.24, 2.45) is 4.99 Å². The minimum atomic E-state index is -0.598. The van der Waals surface area contributed by atoms with Crippen molar-refractivity contribution in [3.63, 3.8) is 0 Å². The number of nitrogens with zero attached hydrogens (tertiary/aromatic N) is 2. The van der Waals surface area contributed by atoms with Gasteiger partial charge in [-0.05, 0) is 72.5 Å². The highest BCUT2D eigenvalue weighted by Gasteiger charge is 2.33. The minimum Gasteiger partial charge on any atom is -0.496 e. The summed E-state index contributed by atoms with van der Waals surface area (Å²) in [6.07, 6.45) is 1.83. The van der Waals surface area contributed by atoms with Crippen molar-refractivity contribution in [3.05, 3.63) is 142 Å². The largest absolute Gasteiger partial charge is 0.496 e. The smallest absolute Gasteiger partial charge is 0.271 e. The van der Waals surface area contributed by atoms with Gasteiger partial charge in [0.25, 0.3) is 11.5 Å². The van der Waals surface area contributed by atoms with E-state index in [2.05, 4.69) is 5.32 Å². The molecule has 6 rings (SSSR count). The third kappa shape index (κ3) is 6.06. The van der Waals surface area contributed by atoms with Crippen LogP contribution in [-0.4, -0.2) is 17.6 Å². The molecule has 0 fully saturated rings. The van der Waals surface area contributed by atoms with Gasteiger partial charge in [-0.15, -0.1) is 11.3 Å². The van der Waals surface area contributed by atoms with Gasteiger partial charge in [-0.1, -0.05) is 59.3 Å². The molecule has 1 aliphatic heterocycles. The maximum absolute atomic E-state index is 14.0. The Kier molecular flexibility index (Phi) is 8.29. The van der Waals surface area contributed by atoms with E-state index in [1.807, 2.05) is 91.2 Å². The highest BCUT2D eigenvalue weighted by atomic mass is 35.5. The number of allylic oxidation sites excluding steroid dienone is 1. The molecule has 0 bridgehead atoms. The monoisotopic (exact) mass is 627 g/mol. The SMILES string of the molecule is COc1ccc(C=c2sc3n(c2=O)[C@H](c2cccs2)C(C(=O)Nc2ccccc2)=C(C)N=3)cc1COc1cccc(Cl)c1. The average molecular weight is 628 g/mol. The summed E-state index contributed by atoms with van der Waals surface area (Å²) in [4.78, 5) is 33.7. The Labute approximate surface area is 260 Å². The number of thiophene rings is 1. The molecule has 2 aromatic heterocycles. The number of anilines is 1. The van der Waals surface area contributed by atoms with Crippen LogP contribution in [0.2, 0.25) is 5.02 Å². The molecule has 0 radical (unpaired) electrons. The number of aromatic nitrogens is 1. The number of hydrogen-bond acceptors (Lipinski definition) is 7. The fraction of sp³-hybridized carbons (Fsp3) is 0.121. The van der Waals surface area contributed by atoms with E-state index in [1.165, 1.54) is 22.7 Å². The molecule has 7 nitrogen and oxygen atoms in total. The first-order valence-corrected chi connectivity index (χ1v) is 15.5. The van der Waals surface area contributed by atoms with E-state index < -0.39 is 6.04 Å². The molecule has 10 heteroatoms. The van der Waals surface area contributed by atoms with E-state index in [9.17, 15) is 9.59 Å². The van der Waals surface area contributed by atoms with E-state index in [0.717, 1.165) is 16.0 Å². The molecule has 216 valence electrons. The maximum Gasteiger partial charge on any atom is 0.271 e. The Bertz CT molecular complexity index is 2020. The standard InChI is InChI=1S/C33H26ClN3O4S2/c1-20-29(31(38)36-24-9-4-3-5-10-24)30(27-12-7-15-42-27)37-32(39)28(43-33(37)35-20)17-21-13-14-26(40-2)22(16-21)19-41-25-11-6-8-23(34)18-25/h3-18,30H,19H2,1-2H3,(H,36,38)/t30-/m1/s1. The van der Waals surface area contributed by atoms with Gasteiger partial charge in [-0.25, -0.2) is 4.99 Å². The molecule has 1 N–H and O–H groups in total. The summed E-state index contributed by atoms with van der Waals surface area (Å²) in [7, 11) is 1.61. The summed E-state index contributed by atoms with van der Waals surface area (Å²) >= 11 is 8.90. The highest BCUT2D eigenvalue weighted by molar-refractivity contribution is 7.10. The highest BCUT2D eigenvalue weighted by Crippen LogP contribution is 2.33. The molecule has 1 atom stereocenters. The summed E-state index contributed by atoms with van der Waals surface area (Å²) in [5.74, 6) is 1.02. The molecule has 3 heterocycles. The van der Waals surface area contributed by atoms with Crippen molar-refractivity contribution in [2.75, 3.05) is 12.4 Å². The lowest BCUT2D eigenvalue weighted by Crippen LogP contribution is -2.40. The lowest BCUT2D eigenvalue weighted by Gasteiger charge is -2.24. The number of carbonyl (C=O) groups is 1. The quantitative estimate of drug-likeness (QED) is 0.223. The van der Waals surface area contributed by atoms with Crippen LogP contribution in [-0.2, 0) is 11.4 Å². The Morgan fingerprint density at radius 2 is 1.91 bits per heavy atom. The fourth-order valence-corrected chi connectivity index (χ4v) is 6.97. The number of carbonyl (C=O) groups excluding carboxylic acids is 1. The molecular formula is C33H26ClN3O4S2. The van der Waals surface area contributed by atoms with Gasteiger partial charge in [0.1, 0.15) is 24.1 Å². The Morgan fingerprint density at radius 3 is 2.65 bits per heavy atom. The van der Waals surface area contributed by atoms with Crippen molar-refractivity contribution in [1.82, 2.24) is 4.57 Å². The number of para-hydroxylation sites is 1. The van der Waals surface area contributed by atoms with Gasteiger partial charge in [-0.2, -0.15) is 0 Å². The molecule has 1 aliphatic rings. The van der Waals surface area contributed by atoms with E-state index in [4.69, 9.17) is 26.1 Å². The number of nitrogens with one attached hydrogen (secondary N) is 1.